The molecule has 0 aromatic heterocycles. The minimum absolute atomic E-state index is 0.275. The quantitative estimate of drug-likeness (QED) is 0.757. The molecule has 0 bridgehead atoms. The average Bonchev–Trinajstić information content (AvgIpc) is 2.28. The first-order chi connectivity index (χ1) is 8.00. The lowest BCUT2D eigenvalue weighted by molar-refractivity contribution is 0.408. The number of hydrogen-bond acceptors (Lipinski definition) is 1. The molecule has 0 saturated heterocycles. The van der Waals surface area contributed by atoms with Crippen LogP contribution in [0.25, 0.3) is 11.1 Å². The van der Waals surface area contributed by atoms with Crippen LogP contribution in [-0.4, -0.2) is 5.11 Å². The first-order valence-electron chi connectivity index (χ1n) is 4.63. The Kier molecular flexibility index (Phi) is 2.75. The number of benzene rings is 2. The normalized spacial score (nSPS) is 10.6. The largest absolute Gasteiger partial charge is 0.505 e. The van der Waals surface area contributed by atoms with Crippen molar-refractivity contribution in [1.29, 1.82) is 0 Å². The zero-order chi connectivity index (χ0) is 12.6. The molecule has 5 heteroatoms. The van der Waals surface area contributed by atoms with Crippen LogP contribution in [0, 0.1) is 23.3 Å². The lowest BCUT2D eigenvalue weighted by Crippen LogP contribution is -1.93. The zero-order valence-electron chi connectivity index (χ0n) is 8.35. The third-order valence-electron chi connectivity index (χ3n) is 2.28. The zero-order valence-corrected chi connectivity index (χ0v) is 8.35. The van der Waals surface area contributed by atoms with E-state index in [1.165, 1.54) is 0 Å². The highest BCUT2D eigenvalue weighted by atomic mass is 19.2. The fourth-order valence-corrected chi connectivity index (χ4v) is 1.46. The van der Waals surface area contributed by atoms with E-state index in [0.29, 0.717) is 6.07 Å². The molecule has 0 spiro atoms. The lowest BCUT2D eigenvalue weighted by atomic mass is 10.0. The molecule has 1 N–H and O–H groups in total. The molecular weight excluding hydrogens is 236 g/mol. The number of hydrogen-bond donors (Lipinski definition) is 1. The number of aromatic hydroxyl groups is 1. The molecule has 0 heterocycles. The monoisotopic (exact) mass is 242 g/mol. The third-order valence-corrected chi connectivity index (χ3v) is 2.28. The molecular formula is C12H6F4O. The van der Waals surface area contributed by atoms with Gasteiger partial charge in [0, 0.05) is 17.2 Å². The summed E-state index contributed by atoms with van der Waals surface area (Å²) in [5, 5.41) is 8.92. The smallest absolute Gasteiger partial charge is 0.200 e. The van der Waals surface area contributed by atoms with Crippen molar-refractivity contribution in [3.63, 3.8) is 0 Å². The van der Waals surface area contributed by atoms with Crippen LogP contribution in [0.5, 0.6) is 5.75 Å². The predicted octanol–water partition coefficient (Wildman–Crippen LogP) is 3.62. The Morgan fingerprint density at radius 3 is 2.06 bits per heavy atom. The Bertz CT molecular complexity index is 581. The molecule has 0 fully saturated rings. The molecule has 0 aliphatic rings. The van der Waals surface area contributed by atoms with Gasteiger partial charge < -0.3 is 5.11 Å². The molecule has 0 amide bonds. The molecule has 2 aromatic carbocycles. The number of phenolic OH excluding ortho intramolecular Hbond substituents is 1. The molecule has 0 aliphatic heterocycles. The van der Waals surface area contributed by atoms with Gasteiger partial charge in [-0.1, -0.05) is 0 Å². The maximum Gasteiger partial charge on any atom is 0.200 e. The maximum absolute atomic E-state index is 13.4. The van der Waals surface area contributed by atoms with Gasteiger partial charge in [0.05, 0.1) is 0 Å². The molecule has 1 nitrogen and oxygen atoms in total. The Hall–Kier alpha value is -2.04. The topological polar surface area (TPSA) is 20.2 Å². The van der Waals surface area contributed by atoms with Crippen LogP contribution in [0.15, 0.2) is 30.3 Å². The molecule has 17 heavy (non-hydrogen) atoms. The third kappa shape index (κ3) is 1.95. The maximum atomic E-state index is 13.4. The lowest BCUT2D eigenvalue weighted by Gasteiger charge is -2.06. The van der Waals surface area contributed by atoms with E-state index in [4.69, 9.17) is 5.11 Å². The molecule has 2 aromatic rings. The number of rotatable bonds is 1. The molecule has 0 unspecified atom stereocenters. The van der Waals surface area contributed by atoms with Gasteiger partial charge in [-0.2, -0.15) is 4.39 Å². The van der Waals surface area contributed by atoms with Crippen LogP contribution in [0.3, 0.4) is 0 Å². The Morgan fingerprint density at radius 2 is 1.41 bits per heavy atom. The standard InChI is InChI=1S/C12H6F4O/c13-6-1-2-7(9(14)5-6)8-3-4-10(17)12(16)11(8)15/h1-5,17H. The summed E-state index contributed by atoms with van der Waals surface area (Å²) in [7, 11) is 0. The fraction of sp³-hybridized carbons (Fsp3) is 0. The second-order valence-electron chi connectivity index (χ2n) is 3.38. The highest BCUT2D eigenvalue weighted by Gasteiger charge is 2.16. The van der Waals surface area contributed by atoms with Gasteiger partial charge in [0.25, 0.3) is 0 Å². The Labute approximate surface area is 93.9 Å². The van der Waals surface area contributed by atoms with E-state index in [-0.39, 0.29) is 11.1 Å². The second-order valence-corrected chi connectivity index (χ2v) is 3.38. The fourth-order valence-electron chi connectivity index (χ4n) is 1.46. The summed E-state index contributed by atoms with van der Waals surface area (Å²) in [6.45, 7) is 0. The van der Waals surface area contributed by atoms with Crippen molar-refractivity contribution in [2.75, 3.05) is 0 Å². The van der Waals surface area contributed by atoms with Gasteiger partial charge >= 0.3 is 0 Å². The number of halogens is 4. The average molecular weight is 242 g/mol. The van der Waals surface area contributed by atoms with Crippen LogP contribution in [0.2, 0.25) is 0 Å². The minimum Gasteiger partial charge on any atom is -0.505 e. The van der Waals surface area contributed by atoms with Crippen molar-refractivity contribution >= 4 is 0 Å². The highest BCUT2D eigenvalue weighted by Crippen LogP contribution is 2.30. The summed E-state index contributed by atoms with van der Waals surface area (Å²) in [6.07, 6.45) is 0. The highest BCUT2D eigenvalue weighted by molar-refractivity contribution is 5.65. The first kappa shape index (κ1) is 11.4. The van der Waals surface area contributed by atoms with E-state index < -0.39 is 29.0 Å². The van der Waals surface area contributed by atoms with E-state index in [1.54, 1.807) is 0 Å². The summed E-state index contributed by atoms with van der Waals surface area (Å²) in [5.74, 6) is -5.53. The van der Waals surface area contributed by atoms with Gasteiger partial charge in [-0.05, 0) is 24.3 Å². The van der Waals surface area contributed by atoms with Gasteiger partial charge in [0.1, 0.15) is 11.6 Å². The van der Waals surface area contributed by atoms with E-state index in [1.807, 2.05) is 0 Å². The molecule has 88 valence electrons. The van der Waals surface area contributed by atoms with Crippen LogP contribution < -0.4 is 0 Å². The van der Waals surface area contributed by atoms with Crippen LogP contribution >= 0.6 is 0 Å². The van der Waals surface area contributed by atoms with Crippen molar-refractivity contribution < 1.29 is 22.7 Å². The molecule has 0 atom stereocenters. The van der Waals surface area contributed by atoms with Gasteiger partial charge in [0.15, 0.2) is 11.6 Å². The predicted molar refractivity (Wildman–Crippen MR) is 53.4 cm³/mol. The van der Waals surface area contributed by atoms with E-state index in [9.17, 15) is 17.6 Å². The molecule has 0 radical (unpaired) electrons. The van der Waals surface area contributed by atoms with E-state index >= 15 is 0 Å². The SMILES string of the molecule is Oc1ccc(-c2ccc(F)cc2F)c(F)c1F. The van der Waals surface area contributed by atoms with Crippen molar-refractivity contribution in [3.8, 4) is 16.9 Å². The minimum atomic E-state index is -1.47. The number of phenols is 1. The summed E-state index contributed by atoms with van der Waals surface area (Å²) in [5.41, 5.74) is -0.652. The summed E-state index contributed by atoms with van der Waals surface area (Å²) in [4.78, 5) is 0. The Balaban J connectivity index is 2.65. The van der Waals surface area contributed by atoms with Crippen LogP contribution in [0.4, 0.5) is 17.6 Å². The van der Waals surface area contributed by atoms with Crippen molar-refractivity contribution in [2.45, 2.75) is 0 Å². The molecule has 0 aliphatic carbocycles. The van der Waals surface area contributed by atoms with Gasteiger partial charge in [-0.3, -0.25) is 0 Å². The van der Waals surface area contributed by atoms with Crippen molar-refractivity contribution in [3.05, 3.63) is 53.6 Å². The van der Waals surface area contributed by atoms with Crippen molar-refractivity contribution in [1.82, 2.24) is 0 Å². The van der Waals surface area contributed by atoms with Gasteiger partial charge in [0.2, 0.25) is 5.82 Å². The Morgan fingerprint density at radius 1 is 0.765 bits per heavy atom. The van der Waals surface area contributed by atoms with Crippen LogP contribution in [0.1, 0.15) is 0 Å². The van der Waals surface area contributed by atoms with E-state index in [2.05, 4.69) is 0 Å². The second kappa shape index (κ2) is 4.08. The van der Waals surface area contributed by atoms with Crippen molar-refractivity contribution in [2.24, 2.45) is 0 Å². The summed E-state index contributed by atoms with van der Waals surface area (Å²) < 4.78 is 52.5. The van der Waals surface area contributed by atoms with E-state index in [0.717, 1.165) is 24.3 Å². The van der Waals surface area contributed by atoms with Gasteiger partial charge in [-0.25, -0.2) is 13.2 Å². The van der Waals surface area contributed by atoms with Gasteiger partial charge in [-0.15, -0.1) is 0 Å². The first-order valence-corrected chi connectivity index (χ1v) is 4.63. The summed E-state index contributed by atoms with van der Waals surface area (Å²) >= 11 is 0. The molecule has 2 rings (SSSR count). The molecule has 0 saturated carbocycles. The van der Waals surface area contributed by atoms with Crippen LogP contribution in [-0.2, 0) is 0 Å². The summed E-state index contributed by atoms with van der Waals surface area (Å²) in [6, 6.07) is 4.42.